The van der Waals surface area contributed by atoms with Crippen molar-refractivity contribution in [3.05, 3.63) is 22.3 Å². The summed E-state index contributed by atoms with van der Waals surface area (Å²) in [6.07, 6.45) is 4.27. The summed E-state index contributed by atoms with van der Waals surface area (Å²) in [6.45, 7) is 0. The number of ether oxygens (including phenoxy) is 1. The number of carbonyl (C=O) groups is 2. The fraction of sp³-hybridized carbons (Fsp3) is 0.636. The van der Waals surface area contributed by atoms with E-state index in [2.05, 4.69) is 4.74 Å². The molecule has 0 aliphatic heterocycles. The Morgan fingerprint density at radius 1 is 1.59 bits per heavy atom. The molecule has 0 aromatic heterocycles. The van der Waals surface area contributed by atoms with Gasteiger partial charge in [-0.1, -0.05) is 6.08 Å². The maximum Gasteiger partial charge on any atom is 0.330 e. The van der Waals surface area contributed by atoms with Crippen molar-refractivity contribution in [2.45, 2.75) is 37.6 Å². The number of nitro groups is 1. The van der Waals surface area contributed by atoms with Crippen LogP contribution in [0.25, 0.3) is 0 Å². The molecule has 1 atom stereocenters. The summed E-state index contributed by atoms with van der Waals surface area (Å²) in [5.41, 5.74) is -1.54. The van der Waals surface area contributed by atoms with Gasteiger partial charge < -0.3 is 4.74 Å². The minimum absolute atomic E-state index is 0.0477. The van der Waals surface area contributed by atoms with Crippen LogP contribution in [0.5, 0.6) is 0 Å². The van der Waals surface area contributed by atoms with Crippen LogP contribution in [0.2, 0.25) is 0 Å². The predicted molar refractivity (Wildman–Crippen MR) is 59.0 cm³/mol. The van der Waals surface area contributed by atoms with Crippen molar-refractivity contribution in [2.24, 2.45) is 0 Å². The molecular formula is C11H15NO5. The van der Waals surface area contributed by atoms with Crippen molar-refractivity contribution < 1.29 is 19.2 Å². The van der Waals surface area contributed by atoms with E-state index < -0.39 is 16.4 Å². The van der Waals surface area contributed by atoms with E-state index in [4.69, 9.17) is 0 Å². The number of methoxy groups -OCH3 is 1. The molecule has 1 aliphatic carbocycles. The molecule has 17 heavy (non-hydrogen) atoms. The summed E-state index contributed by atoms with van der Waals surface area (Å²) in [4.78, 5) is 33.1. The molecule has 0 heterocycles. The van der Waals surface area contributed by atoms with Crippen LogP contribution >= 0.6 is 0 Å². The first-order chi connectivity index (χ1) is 8.03. The lowest BCUT2D eigenvalue weighted by Crippen LogP contribution is -2.48. The molecule has 1 unspecified atom stereocenters. The van der Waals surface area contributed by atoms with Crippen LogP contribution in [0.1, 0.15) is 32.1 Å². The van der Waals surface area contributed by atoms with Gasteiger partial charge in [0.05, 0.1) is 7.11 Å². The van der Waals surface area contributed by atoms with Crippen LogP contribution in [0, 0.1) is 10.1 Å². The molecule has 94 valence electrons. The average molecular weight is 241 g/mol. The summed E-state index contributed by atoms with van der Waals surface area (Å²) in [6, 6.07) is 0. The van der Waals surface area contributed by atoms with Crippen LogP contribution in [0.15, 0.2) is 12.2 Å². The zero-order valence-electron chi connectivity index (χ0n) is 9.68. The SMILES string of the molecule is COC(=O)/C=C/CC1([N+](=O)[O-])CCCCC1=O. The van der Waals surface area contributed by atoms with Crippen LogP contribution in [-0.2, 0) is 14.3 Å². The monoisotopic (exact) mass is 241 g/mol. The van der Waals surface area contributed by atoms with Crippen molar-refractivity contribution in [3.8, 4) is 0 Å². The summed E-state index contributed by atoms with van der Waals surface area (Å²) >= 11 is 0. The van der Waals surface area contributed by atoms with Gasteiger partial charge >= 0.3 is 5.97 Å². The number of nitrogens with zero attached hydrogens (tertiary/aromatic N) is 1. The normalized spacial score (nSPS) is 24.9. The summed E-state index contributed by atoms with van der Waals surface area (Å²) in [7, 11) is 1.22. The van der Waals surface area contributed by atoms with Crippen molar-refractivity contribution in [1.29, 1.82) is 0 Å². The van der Waals surface area contributed by atoms with E-state index in [1.54, 1.807) is 0 Å². The second-order valence-corrected chi connectivity index (χ2v) is 4.05. The number of hydrogen-bond donors (Lipinski definition) is 0. The first kappa shape index (κ1) is 13.3. The average Bonchev–Trinajstić information content (AvgIpc) is 2.31. The van der Waals surface area contributed by atoms with E-state index in [9.17, 15) is 19.7 Å². The van der Waals surface area contributed by atoms with Crippen LogP contribution in [0.3, 0.4) is 0 Å². The lowest BCUT2D eigenvalue weighted by atomic mass is 9.78. The van der Waals surface area contributed by atoms with E-state index >= 15 is 0 Å². The van der Waals surface area contributed by atoms with Gasteiger partial charge in [0.25, 0.3) is 5.54 Å². The third-order valence-electron chi connectivity index (χ3n) is 3.02. The molecular weight excluding hydrogens is 226 g/mol. The maximum absolute atomic E-state index is 11.7. The summed E-state index contributed by atoms with van der Waals surface area (Å²) in [5.74, 6) is -0.921. The van der Waals surface area contributed by atoms with Gasteiger partial charge in [0.1, 0.15) is 0 Å². The van der Waals surface area contributed by atoms with Gasteiger partial charge in [-0.05, 0) is 12.8 Å². The Hall–Kier alpha value is -1.72. The number of hydrogen-bond acceptors (Lipinski definition) is 5. The highest BCUT2D eigenvalue weighted by molar-refractivity contribution is 5.88. The Labute approximate surface area is 98.8 Å². The molecule has 6 heteroatoms. The van der Waals surface area contributed by atoms with Gasteiger partial charge in [-0.15, -0.1) is 0 Å². The van der Waals surface area contributed by atoms with Gasteiger partial charge in [0.15, 0.2) is 0 Å². The zero-order chi connectivity index (χ0) is 12.9. The Bertz CT molecular complexity index is 363. The second kappa shape index (κ2) is 5.56. The Morgan fingerprint density at radius 2 is 2.29 bits per heavy atom. The van der Waals surface area contributed by atoms with E-state index in [1.807, 2.05) is 0 Å². The Kier molecular flexibility index (Phi) is 4.37. The molecule has 0 aromatic carbocycles. The molecule has 1 fully saturated rings. The predicted octanol–water partition coefficient (Wildman–Crippen LogP) is 1.26. The first-order valence-corrected chi connectivity index (χ1v) is 5.45. The molecule has 1 rings (SSSR count). The molecule has 0 bridgehead atoms. The van der Waals surface area contributed by atoms with Gasteiger partial charge in [-0.3, -0.25) is 14.9 Å². The topological polar surface area (TPSA) is 86.5 Å². The summed E-state index contributed by atoms with van der Waals surface area (Å²) < 4.78 is 4.38. The Balaban J connectivity index is 2.79. The molecule has 0 radical (unpaired) electrons. The molecule has 0 aromatic rings. The molecule has 0 amide bonds. The zero-order valence-corrected chi connectivity index (χ0v) is 9.68. The van der Waals surface area contributed by atoms with E-state index in [0.29, 0.717) is 12.8 Å². The standard InChI is InChI=1S/C11H15NO5/c1-17-10(14)6-4-8-11(12(15)16)7-3-2-5-9(11)13/h4,6H,2-3,5,7-8H2,1H3/b6-4+. The number of rotatable bonds is 4. The number of ketones is 1. The van der Waals surface area contributed by atoms with Crippen LogP contribution in [0.4, 0.5) is 0 Å². The quantitative estimate of drug-likeness (QED) is 0.320. The first-order valence-electron chi connectivity index (χ1n) is 5.45. The van der Waals surface area contributed by atoms with Gasteiger partial charge in [0.2, 0.25) is 5.78 Å². The smallest absolute Gasteiger partial charge is 0.330 e. The van der Waals surface area contributed by atoms with Crippen LogP contribution in [-0.4, -0.2) is 29.3 Å². The van der Waals surface area contributed by atoms with Crippen molar-refractivity contribution in [2.75, 3.05) is 7.11 Å². The lowest BCUT2D eigenvalue weighted by molar-refractivity contribution is -0.553. The highest BCUT2D eigenvalue weighted by Crippen LogP contribution is 2.31. The largest absolute Gasteiger partial charge is 0.466 e. The molecule has 0 N–H and O–H groups in total. The molecule has 0 spiro atoms. The molecule has 1 aliphatic rings. The third kappa shape index (κ3) is 2.89. The highest BCUT2D eigenvalue weighted by atomic mass is 16.6. The minimum atomic E-state index is -1.54. The summed E-state index contributed by atoms with van der Waals surface area (Å²) in [5, 5.41) is 11.1. The lowest BCUT2D eigenvalue weighted by Gasteiger charge is -2.26. The number of carbonyl (C=O) groups excluding carboxylic acids is 2. The fourth-order valence-corrected chi connectivity index (χ4v) is 1.98. The van der Waals surface area contributed by atoms with Gasteiger partial charge in [-0.2, -0.15) is 0 Å². The third-order valence-corrected chi connectivity index (χ3v) is 3.02. The number of Topliss-reactive ketones (excluding diaryl/α,β-unsaturated/α-hetero) is 1. The molecule has 0 saturated heterocycles. The molecule has 1 saturated carbocycles. The van der Waals surface area contributed by atoms with Crippen molar-refractivity contribution in [1.82, 2.24) is 0 Å². The molecule has 6 nitrogen and oxygen atoms in total. The maximum atomic E-state index is 11.7. The van der Waals surface area contributed by atoms with E-state index in [1.165, 1.54) is 13.2 Å². The van der Waals surface area contributed by atoms with E-state index in [0.717, 1.165) is 6.08 Å². The Morgan fingerprint density at radius 3 is 2.82 bits per heavy atom. The second-order valence-electron chi connectivity index (χ2n) is 4.05. The van der Waals surface area contributed by atoms with E-state index in [-0.39, 0.29) is 25.0 Å². The van der Waals surface area contributed by atoms with Gasteiger partial charge in [0, 0.05) is 30.3 Å². The van der Waals surface area contributed by atoms with Gasteiger partial charge in [-0.25, -0.2) is 4.79 Å². The van der Waals surface area contributed by atoms with Crippen LogP contribution < -0.4 is 0 Å². The van der Waals surface area contributed by atoms with Crippen molar-refractivity contribution >= 4 is 11.8 Å². The fourth-order valence-electron chi connectivity index (χ4n) is 1.98. The highest BCUT2D eigenvalue weighted by Gasteiger charge is 2.50. The number of esters is 1. The van der Waals surface area contributed by atoms with Crippen molar-refractivity contribution in [3.63, 3.8) is 0 Å². The minimum Gasteiger partial charge on any atom is -0.466 e.